The van der Waals surface area contributed by atoms with Crippen molar-refractivity contribution in [2.45, 2.75) is 77.3 Å². The van der Waals surface area contributed by atoms with Crippen molar-refractivity contribution in [2.75, 3.05) is 18.4 Å². The van der Waals surface area contributed by atoms with Crippen molar-refractivity contribution in [3.8, 4) is 0 Å². The van der Waals surface area contributed by atoms with E-state index in [2.05, 4.69) is 54.4 Å². The summed E-state index contributed by atoms with van der Waals surface area (Å²) in [5.74, 6) is 2.01. The van der Waals surface area contributed by atoms with E-state index in [4.69, 9.17) is 4.98 Å². The van der Waals surface area contributed by atoms with Gasteiger partial charge in [-0.1, -0.05) is 17.7 Å². The number of carbonyl (C=O) groups is 1. The van der Waals surface area contributed by atoms with Crippen molar-refractivity contribution in [1.82, 2.24) is 25.2 Å². The Morgan fingerprint density at radius 2 is 1.88 bits per heavy atom. The van der Waals surface area contributed by atoms with Crippen LogP contribution in [0.1, 0.15) is 70.7 Å². The van der Waals surface area contributed by atoms with Crippen LogP contribution in [0.3, 0.4) is 0 Å². The first-order valence-electron chi connectivity index (χ1n) is 11.9. The highest BCUT2D eigenvalue weighted by Gasteiger charge is 2.33. The van der Waals surface area contributed by atoms with Gasteiger partial charge in [0.15, 0.2) is 0 Å². The van der Waals surface area contributed by atoms with E-state index in [1.165, 1.54) is 5.57 Å². The molecule has 1 amide bonds. The second-order valence-corrected chi connectivity index (χ2v) is 10.7. The fourth-order valence-electron chi connectivity index (χ4n) is 5.31. The van der Waals surface area contributed by atoms with Crippen molar-refractivity contribution >= 4 is 17.5 Å². The first kappa shape index (κ1) is 23.4. The molecule has 0 atom stereocenters. The van der Waals surface area contributed by atoms with Crippen molar-refractivity contribution in [2.24, 2.45) is 0 Å². The van der Waals surface area contributed by atoms with E-state index < -0.39 is 0 Å². The number of hydrogen-bond acceptors (Lipinski definition) is 6. The molecule has 2 aromatic rings. The average molecular weight is 449 g/mol. The van der Waals surface area contributed by atoms with Gasteiger partial charge in [-0.25, -0.2) is 9.97 Å². The third-order valence-corrected chi connectivity index (χ3v) is 6.34. The molecule has 176 valence electrons. The minimum absolute atomic E-state index is 0.00649. The number of pyridine rings is 1. The summed E-state index contributed by atoms with van der Waals surface area (Å²) < 4.78 is 0. The van der Waals surface area contributed by atoms with Crippen LogP contribution in [0.4, 0.5) is 11.6 Å². The second kappa shape index (κ2) is 9.21. The number of likely N-dealkylation sites (tertiary alicyclic amines) is 1. The SMILES string of the molecule is Cc1cccc(Nc2cncc(C3CCN(C(=O)CC4=CC(C)(C)NC(C)(C)C4)CC3)n2)n1. The minimum Gasteiger partial charge on any atom is -0.342 e. The number of aryl methyl sites for hydroxylation is 1. The summed E-state index contributed by atoms with van der Waals surface area (Å²) in [5, 5.41) is 6.89. The molecule has 7 nitrogen and oxygen atoms in total. The van der Waals surface area contributed by atoms with Crippen LogP contribution in [-0.4, -0.2) is 49.9 Å². The van der Waals surface area contributed by atoms with Crippen LogP contribution >= 0.6 is 0 Å². The fourth-order valence-corrected chi connectivity index (χ4v) is 5.31. The predicted octanol–water partition coefficient (Wildman–Crippen LogP) is 4.50. The molecule has 2 aliphatic heterocycles. The molecule has 33 heavy (non-hydrogen) atoms. The smallest absolute Gasteiger partial charge is 0.226 e. The van der Waals surface area contributed by atoms with Crippen LogP contribution in [-0.2, 0) is 4.79 Å². The molecule has 0 saturated carbocycles. The van der Waals surface area contributed by atoms with Gasteiger partial charge in [-0.3, -0.25) is 9.78 Å². The van der Waals surface area contributed by atoms with E-state index >= 15 is 0 Å². The number of nitrogens with one attached hydrogen (secondary N) is 2. The first-order valence-corrected chi connectivity index (χ1v) is 11.9. The summed E-state index contributed by atoms with van der Waals surface area (Å²) in [7, 11) is 0. The molecule has 0 radical (unpaired) electrons. The van der Waals surface area contributed by atoms with E-state index in [1.807, 2.05) is 36.2 Å². The number of nitrogens with zero attached hydrogens (tertiary/aromatic N) is 4. The molecule has 1 saturated heterocycles. The molecule has 0 unspecified atom stereocenters. The molecule has 2 N–H and O–H groups in total. The molecule has 4 rings (SSSR count). The van der Waals surface area contributed by atoms with Gasteiger partial charge in [0.05, 0.1) is 11.9 Å². The molecule has 0 aromatic carbocycles. The zero-order valence-corrected chi connectivity index (χ0v) is 20.5. The number of amides is 1. The van der Waals surface area contributed by atoms with Gasteiger partial charge >= 0.3 is 0 Å². The highest BCUT2D eigenvalue weighted by atomic mass is 16.2. The number of rotatable bonds is 5. The Balaban J connectivity index is 1.34. The van der Waals surface area contributed by atoms with Crippen molar-refractivity contribution in [1.29, 1.82) is 0 Å². The van der Waals surface area contributed by atoms with Gasteiger partial charge in [-0.15, -0.1) is 0 Å². The summed E-state index contributed by atoms with van der Waals surface area (Å²) in [4.78, 5) is 28.7. The number of aromatic nitrogens is 3. The Hall–Kier alpha value is -2.80. The Morgan fingerprint density at radius 1 is 1.12 bits per heavy atom. The van der Waals surface area contributed by atoms with E-state index in [9.17, 15) is 4.79 Å². The maximum absolute atomic E-state index is 13.0. The molecule has 0 spiro atoms. The molecule has 7 heteroatoms. The zero-order valence-electron chi connectivity index (χ0n) is 20.5. The Kier molecular flexibility index (Phi) is 6.52. The van der Waals surface area contributed by atoms with Crippen molar-refractivity contribution in [3.63, 3.8) is 0 Å². The quantitative estimate of drug-likeness (QED) is 0.656. The normalized spacial score (nSPS) is 20.3. The third kappa shape index (κ3) is 6.16. The molecule has 4 heterocycles. The lowest BCUT2D eigenvalue weighted by Gasteiger charge is -2.41. The molecular weight excluding hydrogens is 412 g/mol. The summed E-state index contributed by atoms with van der Waals surface area (Å²) in [6.45, 7) is 12.2. The lowest BCUT2D eigenvalue weighted by atomic mass is 9.82. The maximum atomic E-state index is 13.0. The fraction of sp³-hybridized carbons (Fsp3) is 0.538. The van der Waals surface area contributed by atoms with Crippen LogP contribution in [0.5, 0.6) is 0 Å². The summed E-state index contributed by atoms with van der Waals surface area (Å²) in [5.41, 5.74) is 3.09. The summed E-state index contributed by atoms with van der Waals surface area (Å²) >= 11 is 0. The highest BCUT2D eigenvalue weighted by Crippen LogP contribution is 2.31. The van der Waals surface area contributed by atoms with Gasteiger partial charge in [-0.05, 0) is 66.0 Å². The van der Waals surface area contributed by atoms with Gasteiger partial charge in [0.1, 0.15) is 11.6 Å². The van der Waals surface area contributed by atoms with Crippen LogP contribution in [0, 0.1) is 6.92 Å². The van der Waals surface area contributed by atoms with Crippen molar-refractivity contribution < 1.29 is 4.79 Å². The Labute approximate surface area is 197 Å². The highest BCUT2D eigenvalue weighted by molar-refractivity contribution is 5.79. The van der Waals surface area contributed by atoms with Crippen LogP contribution < -0.4 is 10.6 Å². The van der Waals surface area contributed by atoms with E-state index in [0.717, 1.165) is 49.6 Å². The van der Waals surface area contributed by atoms with Crippen LogP contribution in [0.25, 0.3) is 0 Å². The molecule has 0 aliphatic carbocycles. The third-order valence-electron chi connectivity index (χ3n) is 6.34. The lowest BCUT2D eigenvalue weighted by Crippen LogP contribution is -2.54. The number of piperidine rings is 1. The summed E-state index contributed by atoms with van der Waals surface area (Å²) in [6.07, 6.45) is 9.04. The van der Waals surface area contributed by atoms with E-state index in [-0.39, 0.29) is 17.0 Å². The predicted molar refractivity (Wildman–Crippen MR) is 131 cm³/mol. The second-order valence-electron chi connectivity index (χ2n) is 10.7. The van der Waals surface area contributed by atoms with E-state index in [0.29, 0.717) is 18.2 Å². The van der Waals surface area contributed by atoms with Gasteiger partial charge in [0.2, 0.25) is 5.91 Å². The first-order chi connectivity index (χ1) is 15.6. The van der Waals surface area contributed by atoms with Gasteiger partial charge in [-0.2, -0.15) is 0 Å². The largest absolute Gasteiger partial charge is 0.342 e. The van der Waals surface area contributed by atoms with Gasteiger partial charge in [0, 0.05) is 48.4 Å². The minimum atomic E-state index is -0.0873. The number of hydrogen-bond donors (Lipinski definition) is 2. The Morgan fingerprint density at radius 3 is 2.58 bits per heavy atom. The standard InChI is InChI=1S/C26H36N6O/c1-18-7-6-8-22(28-18)30-23-17-27-16-21(29-23)20-9-11-32(12-10-20)24(33)13-19-14-25(2,3)31-26(4,5)15-19/h6-8,14,16-17,20,31H,9-13,15H2,1-5H3,(H,28,29,30). The summed E-state index contributed by atoms with van der Waals surface area (Å²) in [6, 6.07) is 5.85. The van der Waals surface area contributed by atoms with Crippen LogP contribution in [0.15, 0.2) is 42.2 Å². The van der Waals surface area contributed by atoms with E-state index in [1.54, 1.807) is 6.20 Å². The lowest BCUT2D eigenvalue weighted by molar-refractivity contribution is -0.131. The monoisotopic (exact) mass is 448 g/mol. The molecule has 2 aliphatic rings. The number of carbonyl (C=O) groups excluding carboxylic acids is 1. The van der Waals surface area contributed by atoms with Gasteiger partial charge < -0.3 is 15.5 Å². The Bertz CT molecular complexity index is 1040. The van der Waals surface area contributed by atoms with Gasteiger partial charge in [0.25, 0.3) is 0 Å². The molecule has 1 fully saturated rings. The van der Waals surface area contributed by atoms with Crippen molar-refractivity contribution in [3.05, 3.63) is 53.6 Å². The average Bonchev–Trinajstić information content (AvgIpc) is 2.72. The molecule has 2 aromatic heterocycles. The number of anilines is 2. The maximum Gasteiger partial charge on any atom is 0.226 e. The van der Waals surface area contributed by atoms with Crippen LogP contribution in [0.2, 0.25) is 0 Å². The molecular formula is C26H36N6O. The zero-order chi connectivity index (χ0) is 23.6. The topological polar surface area (TPSA) is 83.0 Å². The molecule has 0 bridgehead atoms.